The van der Waals surface area contributed by atoms with E-state index in [1.165, 1.54) is 11.3 Å². The van der Waals surface area contributed by atoms with Crippen LogP contribution in [0.3, 0.4) is 0 Å². The largest absolute Gasteiger partial charge is 0.487 e. The molecule has 5 rings (SSSR count). The number of anilines is 1. The van der Waals surface area contributed by atoms with Crippen LogP contribution in [-0.2, 0) is 19.4 Å². The zero-order valence-electron chi connectivity index (χ0n) is 17.8. The zero-order valence-corrected chi connectivity index (χ0v) is 18.6. The van der Waals surface area contributed by atoms with Crippen LogP contribution in [0.25, 0.3) is 4.96 Å². The molecule has 1 amide bonds. The highest BCUT2D eigenvalue weighted by atomic mass is 32.1. The molecule has 0 bridgehead atoms. The Morgan fingerprint density at radius 1 is 1.09 bits per heavy atom. The van der Waals surface area contributed by atoms with Crippen LogP contribution in [0.1, 0.15) is 45.0 Å². The number of aryl methyl sites for hydroxylation is 3. The maximum Gasteiger partial charge on any atom is 0.259 e. The Morgan fingerprint density at radius 2 is 1.84 bits per heavy atom. The van der Waals surface area contributed by atoms with Crippen LogP contribution in [0, 0.1) is 6.92 Å². The molecule has 32 heavy (non-hydrogen) atoms. The number of fused-ring (bicyclic) bond motifs is 3. The minimum atomic E-state index is -0.157. The number of nitrogens with one attached hydrogen (secondary N) is 1. The third-order valence-electron chi connectivity index (χ3n) is 5.63. The molecule has 6 nitrogen and oxygen atoms in total. The number of benzene rings is 2. The predicted octanol–water partition coefficient (Wildman–Crippen LogP) is 4.77. The lowest BCUT2D eigenvalue weighted by Gasteiger charge is -2.10. The van der Waals surface area contributed by atoms with Crippen molar-refractivity contribution in [1.29, 1.82) is 0 Å². The monoisotopic (exact) mass is 445 g/mol. The van der Waals surface area contributed by atoms with Crippen molar-refractivity contribution in [2.45, 2.75) is 39.2 Å². The Morgan fingerprint density at radius 3 is 2.62 bits per heavy atom. The Labute approximate surface area is 189 Å². The molecular weight excluding hydrogens is 422 g/mol. The molecule has 0 fully saturated rings. The summed E-state index contributed by atoms with van der Waals surface area (Å²) in [7, 11) is 0. The summed E-state index contributed by atoms with van der Waals surface area (Å²) in [6.45, 7) is 2.20. The molecule has 0 aliphatic heterocycles. The molecular formula is C25H23N3O3S. The van der Waals surface area contributed by atoms with Crippen LogP contribution in [0.2, 0.25) is 0 Å². The van der Waals surface area contributed by atoms with Crippen molar-refractivity contribution >= 4 is 27.9 Å². The fraction of sp³-hybridized carbons (Fsp3) is 0.240. The second kappa shape index (κ2) is 8.59. The van der Waals surface area contributed by atoms with Crippen molar-refractivity contribution in [3.8, 4) is 5.75 Å². The third-order valence-corrected chi connectivity index (χ3v) is 6.77. The SMILES string of the molecule is Cc1ccc(C(=O)Nc2ccc(OCc3cc(=O)n4c5c(sc4n3)CCCC5)cc2)cc1. The molecule has 2 heterocycles. The van der Waals surface area contributed by atoms with Gasteiger partial charge in [-0.25, -0.2) is 4.98 Å². The lowest BCUT2D eigenvalue weighted by Crippen LogP contribution is -2.18. The van der Waals surface area contributed by atoms with Gasteiger partial charge in [0.05, 0.1) is 5.69 Å². The molecule has 0 atom stereocenters. The molecule has 1 aliphatic carbocycles. The maximum absolute atomic E-state index is 12.7. The van der Waals surface area contributed by atoms with Gasteiger partial charge in [-0.05, 0) is 69.0 Å². The average Bonchev–Trinajstić information content (AvgIpc) is 3.18. The summed E-state index contributed by atoms with van der Waals surface area (Å²) < 4.78 is 7.60. The van der Waals surface area contributed by atoms with E-state index in [0.717, 1.165) is 35.5 Å². The third kappa shape index (κ3) is 4.16. The highest BCUT2D eigenvalue weighted by Crippen LogP contribution is 2.28. The van der Waals surface area contributed by atoms with Crippen molar-refractivity contribution in [2.75, 3.05) is 5.32 Å². The van der Waals surface area contributed by atoms with Gasteiger partial charge in [0.25, 0.3) is 11.5 Å². The topological polar surface area (TPSA) is 72.7 Å². The number of aromatic nitrogens is 2. The quantitative estimate of drug-likeness (QED) is 0.480. The molecule has 0 radical (unpaired) electrons. The lowest BCUT2D eigenvalue weighted by atomic mass is 10.0. The number of hydrogen-bond acceptors (Lipinski definition) is 5. The molecule has 0 saturated heterocycles. The summed E-state index contributed by atoms with van der Waals surface area (Å²) in [5.74, 6) is 0.487. The number of rotatable bonds is 5. The second-order valence-corrected chi connectivity index (χ2v) is 9.08. The van der Waals surface area contributed by atoms with Crippen LogP contribution >= 0.6 is 11.3 Å². The highest BCUT2D eigenvalue weighted by molar-refractivity contribution is 7.17. The van der Waals surface area contributed by atoms with Crippen LogP contribution < -0.4 is 15.6 Å². The predicted molar refractivity (Wildman–Crippen MR) is 126 cm³/mol. The van der Waals surface area contributed by atoms with Gasteiger partial charge in [-0.1, -0.05) is 17.7 Å². The first-order valence-corrected chi connectivity index (χ1v) is 11.5. The van der Waals surface area contributed by atoms with Gasteiger partial charge < -0.3 is 10.1 Å². The van der Waals surface area contributed by atoms with Crippen molar-refractivity contribution in [3.63, 3.8) is 0 Å². The number of carbonyl (C=O) groups is 1. The first-order valence-electron chi connectivity index (χ1n) is 10.7. The van der Waals surface area contributed by atoms with Crippen LogP contribution in [-0.4, -0.2) is 15.3 Å². The molecule has 1 N–H and O–H groups in total. The van der Waals surface area contributed by atoms with E-state index in [0.29, 0.717) is 22.7 Å². The first kappa shape index (κ1) is 20.5. The summed E-state index contributed by atoms with van der Waals surface area (Å²) in [5, 5.41) is 2.88. The Bertz CT molecular complexity index is 1340. The van der Waals surface area contributed by atoms with Gasteiger partial charge in [-0.2, -0.15) is 0 Å². The van der Waals surface area contributed by atoms with Crippen molar-refractivity contribution < 1.29 is 9.53 Å². The summed E-state index contributed by atoms with van der Waals surface area (Å²) in [4.78, 5) is 31.7. The Balaban J connectivity index is 1.25. The first-order chi connectivity index (χ1) is 15.6. The average molecular weight is 446 g/mol. The van der Waals surface area contributed by atoms with Gasteiger partial charge in [0.1, 0.15) is 12.4 Å². The van der Waals surface area contributed by atoms with Crippen LogP contribution in [0.15, 0.2) is 59.4 Å². The Kier molecular flexibility index (Phi) is 5.49. The van der Waals surface area contributed by atoms with Crippen molar-refractivity contribution in [3.05, 3.63) is 92.3 Å². The summed E-state index contributed by atoms with van der Waals surface area (Å²) in [6.07, 6.45) is 4.27. The van der Waals surface area contributed by atoms with Crippen LogP contribution in [0.4, 0.5) is 5.69 Å². The van der Waals surface area contributed by atoms with Gasteiger partial charge in [0, 0.05) is 27.9 Å². The summed E-state index contributed by atoms with van der Waals surface area (Å²) in [5.41, 5.74) is 4.11. The van der Waals surface area contributed by atoms with Gasteiger partial charge in [-0.3, -0.25) is 14.0 Å². The highest BCUT2D eigenvalue weighted by Gasteiger charge is 2.18. The van der Waals surface area contributed by atoms with E-state index in [1.54, 1.807) is 58.2 Å². The zero-order chi connectivity index (χ0) is 22.1. The number of hydrogen-bond donors (Lipinski definition) is 1. The lowest BCUT2D eigenvalue weighted by molar-refractivity contribution is 0.102. The molecule has 0 saturated carbocycles. The number of amides is 1. The van der Waals surface area contributed by atoms with E-state index in [-0.39, 0.29) is 18.1 Å². The van der Waals surface area contributed by atoms with Gasteiger partial charge in [-0.15, -0.1) is 11.3 Å². The molecule has 7 heteroatoms. The second-order valence-electron chi connectivity index (χ2n) is 8.02. The van der Waals surface area contributed by atoms with Crippen molar-refractivity contribution in [2.24, 2.45) is 0 Å². The number of carbonyl (C=O) groups excluding carboxylic acids is 1. The molecule has 0 unspecified atom stereocenters. The van der Waals surface area contributed by atoms with Crippen molar-refractivity contribution in [1.82, 2.24) is 9.38 Å². The minimum Gasteiger partial charge on any atom is -0.487 e. The van der Waals surface area contributed by atoms with E-state index < -0.39 is 0 Å². The smallest absolute Gasteiger partial charge is 0.259 e. The van der Waals surface area contributed by atoms with Gasteiger partial charge in [0.15, 0.2) is 4.96 Å². The molecule has 4 aromatic rings. The minimum absolute atomic E-state index is 0.0397. The summed E-state index contributed by atoms with van der Waals surface area (Å²) >= 11 is 1.61. The summed E-state index contributed by atoms with van der Waals surface area (Å²) in [6, 6.07) is 16.2. The number of thiazole rings is 1. The fourth-order valence-electron chi connectivity index (χ4n) is 3.92. The normalized spacial score (nSPS) is 13.0. The van der Waals surface area contributed by atoms with Gasteiger partial charge >= 0.3 is 0 Å². The van der Waals surface area contributed by atoms with E-state index in [4.69, 9.17) is 4.74 Å². The standard InChI is InChI=1S/C25H23N3O3S/c1-16-6-8-17(9-7-16)24(30)26-18-10-12-20(13-11-18)31-15-19-14-23(29)28-21-4-2-3-5-22(21)32-25(28)27-19/h6-14H,2-5,15H2,1H3,(H,26,30). The molecule has 2 aromatic carbocycles. The molecule has 2 aromatic heterocycles. The maximum atomic E-state index is 12.7. The Hall–Kier alpha value is -3.45. The van der Waals surface area contributed by atoms with Gasteiger partial charge in [0.2, 0.25) is 0 Å². The molecule has 162 valence electrons. The van der Waals surface area contributed by atoms with E-state index in [9.17, 15) is 9.59 Å². The number of ether oxygens (including phenoxy) is 1. The molecule has 1 aliphatic rings. The van der Waals surface area contributed by atoms with E-state index >= 15 is 0 Å². The fourth-order valence-corrected chi connectivity index (χ4v) is 5.15. The van der Waals surface area contributed by atoms with Crippen LogP contribution in [0.5, 0.6) is 5.75 Å². The van der Waals surface area contributed by atoms with E-state index in [2.05, 4.69) is 10.3 Å². The molecule has 0 spiro atoms. The number of nitrogens with zero attached hydrogens (tertiary/aromatic N) is 2. The van der Waals surface area contributed by atoms with E-state index in [1.807, 2.05) is 19.1 Å².